The summed E-state index contributed by atoms with van der Waals surface area (Å²) in [5, 5.41) is 0. The molecule has 0 amide bonds. The van der Waals surface area contributed by atoms with Gasteiger partial charge in [0.05, 0.1) is 5.41 Å². The van der Waals surface area contributed by atoms with Crippen LogP contribution in [0.15, 0.2) is 81.7 Å². The monoisotopic (exact) mass is 500 g/mol. The zero-order chi connectivity index (χ0) is 19.9. The lowest BCUT2D eigenvalue weighted by atomic mass is 9.70. The van der Waals surface area contributed by atoms with Crippen LogP contribution in [-0.2, 0) is 5.41 Å². The summed E-state index contributed by atoms with van der Waals surface area (Å²) in [4.78, 5) is 0. The van der Waals surface area contributed by atoms with Gasteiger partial charge in [0.2, 0.25) is 0 Å². The second kappa shape index (κ2) is 5.93. The van der Waals surface area contributed by atoms with E-state index in [-0.39, 0.29) is 5.41 Å². The maximum Gasteiger partial charge on any atom is 0.0726 e. The molecule has 4 aromatic rings. The van der Waals surface area contributed by atoms with Gasteiger partial charge < -0.3 is 0 Å². The van der Waals surface area contributed by atoms with Crippen molar-refractivity contribution in [2.75, 3.05) is 0 Å². The summed E-state index contributed by atoms with van der Waals surface area (Å²) < 4.78 is 2.25. The zero-order valence-corrected chi connectivity index (χ0v) is 19.4. The van der Waals surface area contributed by atoms with Crippen molar-refractivity contribution in [3.05, 3.63) is 115 Å². The first-order chi connectivity index (χ1) is 14.0. The van der Waals surface area contributed by atoms with Gasteiger partial charge in [0, 0.05) is 8.95 Å². The predicted molar refractivity (Wildman–Crippen MR) is 128 cm³/mol. The molecule has 2 aliphatic rings. The lowest BCUT2D eigenvalue weighted by Gasteiger charge is -2.31. The lowest BCUT2D eigenvalue weighted by Crippen LogP contribution is -2.26. The minimum atomic E-state index is -0.277. The van der Waals surface area contributed by atoms with E-state index in [9.17, 15) is 0 Å². The van der Waals surface area contributed by atoms with Gasteiger partial charge in [-0.3, -0.25) is 0 Å². The highest BCUT2D eigenvalue weighted by Crippen LogP contribution is 2.63. The van der Waals surface area contributed by atoms with E-state index in [1.807, 2.05) is 0 Å². The molecule has 0 nitrogen and oxygen atoms in total. The summed E-state index contributed by atoms with van der Waals surface area (Å²) in [5.41, 5.74) is 13.2. The molecule has 0 atom stereocenters. The molecule has 0 bridgehead atoms. The lowest BCUT2D eigenvalue weighted by molar-refractivity contribution is 0.790. The molecule has 0 heterocycles. The molecular formula is C27H18Br2. The van der Waals surface area contributed by atoms with E-state index in [4.69, 9.17) is 0 Å². The van der Waals surface area contributed by atoms with Crippen molar-refractivity contribution in [3.63, 3.8) is 0 Å². The molecule has 0 N–H and O–H groups in total. The van der Waals surface area contributed by atoms with Crippen LogP contribution in [0.4, 0.5) is 0 Å². The Morgan fingerprint density at radius 2 is 0.828 bits per heavy atom. The fourth-order valence-corrected chi connectivity index (χ4v) is 6.12. The van der Waals surface area contributed by atoms with E-state index in [1.165, 1.54) is 55.6 Å². The molecule has 0 unspecified atom stereocenters. The largest absolute Gasteiger partial charge is 0.0726 e. The van der Waals surface area contributed by atoms with Gasteiger partial charge in [-0.2, -0.15) is 0 Å². The number of hydrogen-bond acceptors (Lipinski definition) is 0. The molecular weight excluding hydrogens is 484 g/mol. The molecule has 2 aliphatic carbocycles. The second-order valence-corrected chi connectivity index (χ2v) is 10.1. The van der Waals surface area contributed by atoms with Crippen LogP contribution in [0.25, 0.3) is 22.3 Å². The van der Waals surface area contributed by atoms with E-state index < -0.39 is 0 Å². The maximum absolute atomic E-state index is 3.75. The summed E-state index contributed by atoms with van der Waals surface area (Å²) in [6.07, 6.45) is 0. The third kappa shape index (κ3) is 2.19. The normalized spacial score (nSPS) is 14.5. The molecule has 0 fully saturated rings. The van der Waals surface area contributed by atoms with Crippen LogP contribution in [0.5, 0.6) is 0 Å². The minimum Gasteiger partial charge on any atom is -0.0587 e. The van der Waals surface area contributed by atoms with Crippen molar-refractivity contribution in [2.45, 2.75) is 19.3 Å². The van der Waals surface area contributed by atoms with Gasteiger partial charge in [0.15, 0.2) is 0 Å². The number of aryl methyl sites for hydroxylation is 2. The van der Waals surface area contributed by atoms with Crippen molar-refractivity contribution in [3.8, 4) is 22.3 Å². The third-order valence-electron chi connectivity index (χ3n) is 6.51. The van der Waals surface area contributed by atoms with E-state index in [1.54, 1.807) is 0 Å². The Kier molecular flexibility index (Phi) is 3.62. The fourth-order valence-electron chi connectivity index (χ4n) is 5.40. The first-order valence-electron chi connectivity index (χ1n) is 9.83. The van der Waals surface area contributed by atoms with E-state index in [0.717, 1.165) is 8.95 Å². The topological polar surface area (TPSA) is 0 Å². The van der Waals surface area contributed by atoms with Gasteiger partial charge in [0.1, 0.15) is 0 Å². The Bertz CT molecular complexity index is 1140. The molecule has 0 aromatic heterocycles. The van der Waals surface area contributed by atoms with Crippen LogP contribution in [0.3, 0.4) is 0 Å². The number of benzene rings is 4. The number of fused-ring (bicyclic) bond motifs is 10. The summed E-state index contributed by atoms with van der Waals surface area (Å²) in [7, 11) is 0. The molecule has 140 valence electrons. The molecule has 2 heteroatoms. The molecule has 6 rings (SSSR count). The standard InChI is InChI=1S/C27H18Br2/c1-15-3-7-19-20-8-4-16(2)12-24(20)27(23(19)11-15)25-13-17(28)5-9-21(25)22-10-6-18(29)14-26(22)27/h3-14H,1-2H3. The zero-order valence-electron chi connectivity index (χ0n) is 16.2. The van der Waals surface area contributed by atoms with Gasteiger partial charge in [-0.1, -0.05) is 91.5 Å². The summed E-state index contributed by atoms with van der Waals surface area (Å²) >= 11 is 7.51. The predicted octanol–water partition coefficient (Wildman–Crippen LogP) is 8.17. The first-order valence-corrected chi connectivity index (χ1v) is 11.4. The van der Waals surface area contributed by atoms with Crippen LogP contribution < -0.4 is 0 Å². The van der Waals surface area contributed by atoms with Gasteiger partial charge in [-0.05, 0) is 82.6 Å². The molecule has 29 heavy (non-hydrogen) atoms. The highest BCUT2D eigenvalue weighted by Gasteiger charge is 2.51. The van der Waals surface area contributed by atoms with Crippen LogP contribution >= 0.6 is 31.9 Å². The average Bonchev–Trinajstić information content (AvgIpc) is 3.13. The van der Waals surface area contributed by atoms with Crippen molar-refractivity contribution in [1.29, 1.82) is 0 Å². The SMILES string of the molecule is Cc1ccc2c(c1)C1(c3cc(C)ccc3-2)c2cc(Br)ccc2-c2ccc(Br)cc21. The minimum absolute atomic E-state index is 0.277. The second-order valence-electron chi connectivity index (χ2n) is 8.23. The Morgan fingerprint density at radius 1 is 0.483 bits per heavy atom. The van der Waals surface area contributed by atoms with Gasteiger partial charge >= 0.3 is 0 Å². The van der Waals surface area contributed by atoms with Gasteiger partial charge in [0.25, 0.3) is 0 Å². The highest BCUT2D eigenvalue weighted by molar-refractivity contribution is 9.10. The Balaban J connectivity index is 1.88. The van der Waals surface area contributed by atoms with Crippen molar-refractivity contribution >= 4 is 31.9 Å². The van der Waals surface area contributed by atoms with Crippen LogP contribution in [0, 0.1) is 13.8 Å². The quantitative estimate of drug-likeness (QED) is 0.197. The smallest absolute Gasteiger partial charge is 0.0587 e. The first kappa shape index (κ1) is 17.7. The van der Waals surface area contributed by atoms with Crippen molar-refractivity contribution < 1.29 is 0 Å². The summed E-state index contributed by atoms with van der Waals surface area (Å²) in [6, 6.07) is 27.4. The van der Waals surface area contributed by atoms with Crippen LogP contribution in [0.1, 0.15) is 33.4 Å². The average molecular weight is 502 g/mol. The maximum atomic E-state index is 3.75. The molecule has 1 spiro atoms. The number of rotatable bonds is 0. The summed E-state index contributed by atoms with van der Waals surface area (Å²) in [6.45, 7) is 4.39. The van der Waals surface area contributed by atoms with Gasteiger partial charge in [-0.25, -0.2) is 0 Å². The molecule has 0 saturated carbocycles. The Hall–Kier alpha value is -2.16. The van der Waals surface area contributed by atoms with E-state index in [0.29, 0.717) is 0 Å². The van der Waals surface area contributed by atoms with Gasteiger partial charge in [-0.15, -0.1) is 0 Å². The number of halogens is 2. The summed E-state index contributed by atoms with van der Waals surface area (Å²) in [5.74, 6) is 0. The third-order valence-corrected chi connectivity index (χ3v) is 7.50. The van der Waals surface area contributed by atoms with E-state index in [2.05, 4.69) is 119 Å². The van der Waals surface area contributed by atoms with Crippen LogP contribution in [0.2, 0.25) is 0 Å². The van der Waals surface area contributed by atoms with Crippen LogP contribution in [-0.4, -0.2) is 0 Å². The molecule has 0 aliphatic heterocycles. The molecule has 0 radical (unpaired) electrons. The fraction of sp³-hybridized carbons (Fsp3) is 0.111. The Morgan fingerprint density at radius 3 is 1.24 bits per heavy atom. The number of hydrogen-bond donors (Lipinski definition) is 0. The molecule has 4 aromatic carbocycles. The Labute approximate surface area is 187 Å². The highest BCUT2D eigenvalue weighted by atomic mass is 79.9. The van der Waals surface area contributed by atoms with Crippen molar-refractivity contribution in [2.24, 2.45) is 0 Å². The van der Waals surface area contributed by atoms with E-state index >= 15 is 0 Å². The van der Waals surface area contributed by atoms with Crippen molar-refractivity contribution in [1.82, 2.24) is 0 Å². The molecule has 0 saturated heterocycles.